The summed E-state index contributed by atoms with van der Waals surface area (Å²) in [6.45, 7) is 5.01. The van der Waals surface area contributed by atoms with Gasteiger partial charge < -0.3 is 20.1 Å². The minimum Gasteiger partial charge on any atom is -0.490 e. The van der Waals surface area contributed by atoms with E-state index in [-0.39, 0.29) is 24.2 Å². The average molecular weight is 433 g/mol. The Labute approximate surface area is 187 Å². The van der Waals surface area contributed by atoms with Crippen LogP contribution in [0.15, 0.2) is 60.7 Å². The Morgan fingerprint density at radius 1 is 0.938 bits per heavy atom. The predicted molar refractivity (Wildman–Crippen MR) is 125 cm³/mol. The highest BCUT2D eigenvalue weighted by Gasteiger charge is 2.25. The minimum atomic E-state index is -0.659. The number of hydrogen-bond donors (Lipinski definition) is 2. The monoisotopic (exact) mass is 432 g/mol. The predicted octanol–water partition coefficient (Wildman–Crippen LogP) is 4.32. The van der Waals surface area contributed by atoms with Gasteiger partial charge in [0.2, 0.25) is 11.8 Å². The zero-order valence-electron chi connectivity index (χ0n) is 18.4. The van der Waals surface area contributed by atoms with Crippen LogP contribution in [-0.2, 0) is 16.0 Å². The summed E-state index contributed by atoms with van der Waals surface area (Å²) in [5.74, 6) is 0.757. The first-order chi connectivity index (χ1) is 15.5. The van der Waals surface area contributed by atoms with Crippen molar-refractivity contribution in [3.8, 4) is 11.5 Å². The van der Waals surface area contributed by atoms with E-state index in [2.05, 4.69) is 10.6 Å². The number of nitrogens with one attached hydrogen (secondary N) is 2. The number of rotatable bonds is 6. The summed E-state index contributed by atoms with van der Waals surface area (Å²) in [4.78, 5) is 25.8. The van der Waals surface area contributed by atoms with Gasteiger partial charge in [-0.25, -0.2) is 0 Å². The van der Waals surface area contributed by atoms with Crippen molar-refractivity contribution in [1.82, 2.24) is 5.32 Å². The molecule has 0 aromatic heterocycles. The summed E-state index contributed by atoms with van der Waals surface area (Å²) >= 11 is 0. The Hall–Kier alpha value is -3.54. The van der Waals surface area contributed by atoms with Gasteiger partial charge in [-0.3, -0.25) is 9.59 Å². The van der Waals surface area contributed by atoms with Crippen molar-refractivity contribution in [2.45, 2.75) is 32.7 Å². The molecule has 3 aromatic rings. The quantitative estimate of drug-likeness (QED) is 0.608. The number of ether oxygens (including phenoxy) is 2. The van der Waals surface area contributed by atoms with Crippen LogP contribution >= 0.6 is 0 Å². The van der Waals surface area contributed by atoms with Crippen molar-refractivity contribution in [2.75, 3.05) is 18.5 Å². The Bertz CT molecular complexity index is 1120. The van der Waals surface area contributed by atoms with Crippen molar-refractivity contribution >= 4 is 28.3 Å². The van der Waals surface area contributed by atoms with E-state index in [0.717, 1.165) is 22.8 Å². The summed E-state index contributed by atoms with van der Waals surface area (Å²) in [6.07, 6.45) is 1.02. The molecule has 166 valence electrons. The molecule has 6 nitrogen and oxygen atoms in total. The second-order valence-corrected chi connectivity index (χ2v) is 8.31. The summed E-state index contributed by atoms with van der Waals surface area (Å²) in [6, 6.07) is 18.6. The van der Waals surface area contributed by atoms with E-state index in [1.165, 1.54) is 0 Å². The number of fused-ring (bicyclic) bond motifs is 2. The number of carbonyl (C=O) groups excluding carboxylic acids is 2. The van der Waals surface area contributed by atoms with Gasteiger partial charge in [-0.1, -0.05) is 56.3 Å². The second kappa shape index (κ2) is 9.73. The molecule has 0 aliphatic carbocycles. The third-order valence-corrected chi connectivity index (χ3v) is 5.51. The Morgan fingerprint density at radius 2 is 1.69 bits per heavy atom. The molecule has 0 unspecified atom stereocenters. The fourth-order valence-corrected chi connectivity index (χ4v) is 3.84. The standard InChI is InChI=1S/C26H28N2O4/c1-17(2)25(26(30)27-20-11-12-22-23(16-20)32-14-6-13-31-22)28-24(29)15-19-9-5-8-18-7-3-4-10-21(18)19/h3-5,7-12,16-17,25H,6,13-15H2,1-2H3,(H,27,30)(H,28,29)/t25-/m1/s1. The van der Waals surface area contributed by atoms with Crippen LogP contribution in [0, 0.1) is 5.92 Å². The molecule has 1 aliphatic heterocycles. The first-order valence-electron chi connectivity index (χ1n) is 11.0. The molecule has 32 heavy (non-hydrogen) atoms. The lowest BCUT2D eigenvalue weighted by atomic mass is 10.00. The molecule has 6 heteroatoms. The zero-order chi connectivity index (χ0) is 22.5. The molecular formula is C26H28N2O4. The van der Waals surface area contributed by atoms with Crippen LogP contribution in [-0.4, -0.2) is 31.1 Å². The van der Waals surface area contributed by atoms with Crippen LogP contribution in [0.4, 0.5) is 5.69 Å². The molecule has 4 rings (SSSR count). The molecule has 2 amide bonds. The number of hydrogen-bond acceptors (Lipinski definition) is 4. The molecule has 0 radical (unpaired) electrons. The van der Waals surface area contributed by atoms with Crippen LogP contribution in [0.2, 0.25) is 0 Å². The minimum absolute atomic E-state index is 0.0770. The third-order valence-electron chi connectivity index (χ3n) is 5.51. The average Bonchev–Trinajstić information content (AvgIpc) is 3.02. The van der Waals surface area contributed by atoms with E-state index in [9.17, 15) is 9.59 Å². The highest BCUT2D eigenvalue weighted by molar-refractivity contribution is 5.98. The van der Waals surface area contributed by atoms with Crippen LogP contribution in [0.3, 0.4) is 0 Å². The summed E-state index contributed by atoms with van der Waals surface area (Å²) in [5.41, 5.74) is 1.54. The molecule has 2 N–H and O–H groups in total. The number of anilines is 1. The van der Waals surface area contributed by atoms with Gasteiger partial charge >= 0.3 is 0 Å². The van der Waals surface area contributed by atoms with Gasteiger partial charge in [0.05, 0.1) is 19.6 Å². The number of carbonyl (C=O) groups is 2. The molecule has 0 fully saturated rings. The van der Waals surface area contributed by atoms with Gasteiger partial charge in [-0.05, 0) is 34.4 Å². The maximum atomic E-state index is 13.0. The van der Waals surface area contributed by atoms with Crippen molar-refractivity contribution in [1.29, 1.82) is 0 Å². The summed E-state index contributed by atoms with van der Waals surface area (Å²) < 4.78 is 11.3. The van der Waals surface area contributed by atoms with E-state index in [1.54, 1.807) is 18.2 Å². The van der Waals surface area contributed by atoms with Gasteiger partial charge in [0.25, 0.3) is 0 Å². The van der Waals surface area contributed by atoms with Crippen LogP contribution < -0.4 is 20.1 Å². The van der Waals surface area contributed by atoms with Crippen molar-refractivity contribution in [3.63, 3.8) is 0 Å². The largest absolute Gasteiger partial charge is 0.490 e. The SMILES string of the molecule is CC(C)[C@@H](NC(=O)Cc1cccc2ccccc12)C(=O)Nc1ccc2c(c1)OCCCO2. The lowest BCUT2D eigenvalue weighted by Crippen LogP contribution is -2.47. The van der Waals surface area contributed by atoms with E-state index in [4.69, 9.17) is 9.47 Å². The second-order valence-electron chi connectivity index (χ2n) is 8.31. The summed E-state index contributed by atoms with van der Waals surface area (Å²) in [5, 5.41) is 7.95. The fourth-order valence-electron chi connectivity index (χ4n) is 3.84. The smallest absolute Gasteiger partial charge is 0.247 e. The van der Waals surface area contributed by atoms with Gasteiger partial charge in [0.1, 0.15) is 6.04 Å². The number of amides is 2. The molecule has 0 saturated carbocycles. The topological polar surface area (TPSA) is 76.7 Å². The first kappa shape index (κ1) is 21.7. The Kier molecular flexibility index (Phi) is 6.59. The maximum Gasteiger partial charge on any atom is 0.247 e. The van der Waals surface area contributed by atoms with Crippen LogP contribution in [0.5, 0.6) is 11.5 Å². The summed E-state index contributed by atoms with van der Waals surface area (Å²) in [7, 11) is 0. The Balaban J connectivity index is 1.44. The van der Waals surface area contributed by atoms with E-state index in [1.807, 2.05) is 56.3 Å². The van der Waals surface area contributed by atoms with Gasteiger partial charge in [-0.2, -0.15) is 0 Å². The van der Waals surface area contributed by atoms with Crippen LogP contribution in [0.1, 0.15) is 25.8 Å². The molecule has 0 bridgehead atoms. The molecule has 1 heterocycles. The molecule has 0 spiro atoms. The van der Waals surface area contributed by atoms with Crippen molar-refractivity contribution in [2.24, 2.45) is 5.92 Å². The molecule has 3 aromatic carbocycles. The Morgan fingerprint density at radius 3 is 2.50 bits per heavy atom. The molecule has 1 atom stereocenters. The normalized spacial score (nSPS) is 14.0. The van der Waals surface area contributed by atoms with Crippen LogP contribution in [0.25, 0.3) is 10.8 Å². The van der Waals surface area contributed by atoms with Gasteiger partial charge in [0.15, 0.2) is 11.5 Å². The van der Waals surface area contributed by atoms with E-state index < -0.39 is 6.04 Å². The molecule has 1 aliphatic rings. The van der Waals surface area contributed by atoms with E-state index in [0.29, 0.717) is 30.4 Å². The highest BCUT2D eigenvalue weighted by Crippen LogP contribution is 2.32. The first-order valence-corrected chi connectivity index (χ1v) is 11.0. The van der Waals surface area contributed by atoms with Gasteiger partial charge in [0, 0.05) is 18.2 Å². The van der Waals surface area contributed by atoms with Crippen molar-refractivity contribution < 1.29 is 19.1 Å². The lowest BCUT2D eigenvalue weighted by molar-refractivity contribution is -0.127. The zero-order valence-corrected chi connectivity index (χ0v) is 18.4. The van der Waals surface area contributed by atoms with E-state index >= 15 is 0 Å². The molecular weight excluding hydrogens is 404 g/mol. The number of benzene rings is 3. The van der Waals surface area contributed by atoms with Gasteiger partial charge in [-0.15, -0.1) is 0 Å². The lowest BCUT2D eigenvalue weighted by Gasteiger charge is -2.22. The maximum absolute atomic E-state index is 13.0. The highest BCUT2D eigenvalue weighted by atomic mass is 16.5. The third kappa shape index (κ3) is 5.02. The fraction of sp³-hybridized carbons (Fsp3) is 0.308. The van der Waals surface area contributed by atoms with Crippen molar-refractivity contribution in [3.05, 3.63) is 66.2 Å². The molecule has 0 saturated heterocycles.